The first-order valence-corrected chi connectivity index (χ1v) is 16.9. The molecule has 1 aromatic rings. The summed E-state index contributed by atoms with van der Waals surface area (Å²) in [6, 6.07) is 5.44. The van der Waals surface area contributed by atoms with Crippen LogP contribution in [0.5, 0.6) is 0 Å². The van der Waals surface area contributed by atoms with E-state index in [9.17, 15) is 26.4 Å². The smallest absolute Gasteiger partial charge is 0.224 e. The van der Waals surface area contributed by atoms with E-state index in [1.165, 1.54) is 24.4 Å². The number of allylic oxidation sites excluding steroid dienone is 6. The lowest BCUT2D eigenvalue weighted by Gasteiger charge is -2.35. The van der Waals surface area contributed by atoms with Gasteiger partial charge in [-0.25, -0.2) is 26.0 Å². The predicted molar refractivity (Wildman–Crippen MR) is 161 cm³/mol. The van der Waals surface area contributed by atoms with Crippen molar-refractivity contribution in [3.05, 3.63) is 82.7 Å². The lowest BCUT2D eigenvalue weighted by atomic mass is 9.79. The molecule has 2 aliphatic heterocycles. The lowest BCUT2D eigenvalue weighted by Crippen LogP contribution is -2.54. The van der Waals surface area contributed by atoms with E-state index in [0.717, 1.165) is 6.08 Å². The molecule has 2 fully saturated rings. The zero-order valence-corrected chi connectivity index (χ0v) is 25.8. The normalized spacial score (nSPS) is 27.9. The summed E-state index contributed by atoms with van der Waals surface area (Å²) in [6.07, 6.45) is 5.25. The van der Waals surface area contributed by atoms with Gasteiger partial charge in [-0.2, -0.15) is 4.31 Å². The molecule has 1 saturated heterocycles. The van der Waals surface area contributed by atoms with Gasteiger partial charge >= 0.3 is 0 Å². The number of amides is 1. The number of nitrogens with one attached hydrogen (secondary N) is 3. The Morgan fingerprint density at radius 2 is 1.93 bits per heavy atom. The van der Waals surface area contributed by atoms with E-state index >= 15 is 4.39 Å². The van der Waals surface area contributed by atoms with Crippen molar-refractivity contribution in [2.75, 3.05) is 31.9 Å². The average Bonchev–Trinajstić information content (AvgIpc) is 3.58. The third-order valence-electron chi connectivity index (χ3n) is 9.49. The molecule has 0 bridgehead atoms. The Kier molecular flexibility index (Phi) is 9.72. The van der Waals surface area contributed by atoms with Crippen molar-refractivity contribution in [1.29, 1.82) is 0 Å². The average molecular weight is 637 g/mol. The van der Waals surface area contributed by atoms with Crippen LogP contribution in [0, 0.1) is 23.1 Å². The van der Waals surface area contributed by atoms with E-state index in [1.807, 2.05) is 13.8 Å². The van der Waals surface area contributed by atoms with Crippen molar-refractivity contribution in [3.63, 3.8) is 0 Å². The third kappa shape index (κ3) is 6.67. The number of nitrogens with zero attached hydrogens (tertiary/aromatic N) is 1. The van der Waals surface area contributed by atoms with Crippen molar-refractivity contribution in [2.45, 2.75) is 57.9 Å². The second kappa shape index (κ2) is 13.2. The molecule has 3 N–H and O–H groups in total. The van der Waals surface area contributed by atoms with Crippen LogP contribution >= 0.6 is 0 Å². The largest absolute Gasteiger partial charge is 0.383 e. The second-order valence-corrected chi connectivity index (χ2v) is 14.4. The van der Waals surface area contributed by atoms with Gasteiger partial charge in [-0.15, -0.1) is 0 Å². The highest BCUT2D eigenvalue weighted by Crippen LogP contribution is 2.71. The Morgan fingerprint density at radius 3 is 2.66 bits per heavy atom. The maximum absolute atomic E-state index is 15.1. The molecule has 2 aliphatic carbocycles. The number of dihydropyridines is 1. The number of hydrogen-bond acceptors (Lipinski definition) is 5. The molecule has 3 unspecified atom stereocenters. The first-order chi connectivity index (χ1) is 21.0. The van der Waals surface area contributed by atoms with Gasteiger partial charge in [0.25, 0.3) is 0 Å². The van der Waals surface area contributed by atoms with E-state index < -0.39 is 62.4 Å². The van der Waals surface area contributed by atoms with Crippen LogP contribution in [0.25, 0.3) is 0 Å². The number of piperazine rings is 1. The van der Waals surface area contributed by atoms with Crippen LogP contribution in [0.3, 0.4) is 0 Å². The van der Waals surface area contributed by atoms with Crippen LogP contribution in [0.1, 0.15) is 57.4 Å². The molecule has 12 heteroatoms. The summed E-state index contributed by atoms with van der Waals surface area (Å²) < 4.78 is 84.9. The van der Waals surface area contributed by atoms with E-state index in [-0.39, 0.29) is 24.8 Å². The summed E-state index contributed by atoms with van der Waals surface area (Å²) in [5.41, 5.74) is 0.535. The van der Waals surface area contributed by atoms with Gasteiger partial charge in [0.15, 0.2) is 0 Å². The summed E-state index contributed by atoms with van der Waals surface area (Å²) in [4.78, 5) is 13.5. The zero-order valence-electron chi connectivity index (χ0n) is 25.0. The van der Waals surface area contributed by atoms with Crippen molar-refractivity contribution in [2.24, 2.45) is 17.3 Å². The summed E-state index contributed by atoms with van der Waals surface area (Å²) >= 11 is 0. The van der Waals surface area contributed by atoms with Crippen LogP contribution in [-0.2, 0) is 14.8 Å². The molecule has 2 heterocycles. The summed E-state index contributed by atoms with van der Waals surface area (Å²) in [7, 11) is -3.38. The molecule has 1 amide bonds. The van der Waals surface area contributed by atoms with Crippen LogP contribution < -0.4 is 16.0 Å². The number of carbonyl (C=O) groups excluding carboxylic acids is 1. The topological polar surface area (TPSA) is 90.5 Å². The van der Waals surface area contributed by atoms with Gasteiger partial charge in [0.2, 0.25) is 15.9 Å². The van der Waals surface area contributed by atoms with Crippen LogP contribution in [0.2, 0.25) is 0 Å². The van der Waals surface area contributed by atoms with Crippen LogP contribution in [0.15, 0.2) is 71.4 Å². The van der Waals surface area contributed by atoms with Gasteiger partial charge in [0.05, 0.1) is 12.3 Å². The fourth-order valence-electron chi connectivity index (χ4n) is 7.21. The number of rotatable bonds is 12. The van der Waals surface area contributed by atoms with Crippen molar-refractivity contribution < 1.29 is 30.8 Å². The fourth-order valence-corrected chi connectivity index (χ4v) is 8.97. The monoisotopic (exact) mass is 636 g/mol. The highest BCUT2D eigenvalue weighted by molar-refractivity contribution is 7.89. The van der Waals surface area contributed by atoms with Crippen molar-refractivity contribution in [1.82, 2.24) is 20.3 Å². The second-order valence-electron chi connectivity index (χ2n) is 12.3. The van der Waals surface area contributed by atoms with E-state index in [4.69, 9.17) is 0 Å². The minimum atomic E-state index is -3.38. The molecular weight excluding hydrogens is 596 g/mol. The fraction of sp³-hybridized carbons (Fsp3) is 0.531. The van der Waals surface area contributed by atoms with Gasteiger partial charge in [0, 0.05) is 61.6 Å². The Balaban J connectivity index is 1.30. The van der Waals surface area contributed by atoms with Gasteiger partial charge < -0.3 is 16.0 Å². The molecule has 5 atom stereocenters. The Bertz CT molecular complexity index is 1490. The lowest BCUT2D eigenvalue weighted by molar-refractivity contribution is -0.121. The van der Waals surface area contributed by atoms with Gasteiger partial charge in [-0.3, -0.25) is 4.79 Å². The molecule has 1 saturated carbocycles. The van der Waals surface area contributed by atoms with Crippen LogP contribution in [-0.4, -0.2) is 56.6 Å². The van der Waals surface area contributed by atoms with Gasteiger partial charge in [-0.1, -0.05) is 26.0 Å². The highest BCUT2D eigenvalue weighted by atomic mass is 32.2. The molecule has 7 nitrogen and oxygen atoms in total. The Labute approximate surface area is 256 Å². The first-order valence-electron chi connectivity index (χ1n) is 15.3. The van der Waals surface area contributed by atoms with Crippen molar-refractivity contribution in [3.8, 4) is 0 Å². The minimum Gasteiger partial charge on any atom is -0.383 e. The summed E-state index contributed by atoms with van der Waals surface area (Å²) in [5.74, 6) is -4.13. The van der Waals surface area contributed by atoms with Gasteiger partial charge in [0.1, 0.15) is 23.3 Å². The molecule has 0 spiro atoms. The Hall–Kier alpha value is -2.96. The number of carbonyl (C=O) groups is 1. The van der Waals surface area contributed by atoms with E-state index in [2.05, 4.69) is 16.0 Å². The molecule has 240 valence electrons. The number of benzene rings is 1. The number of hydrogen-bond donors (Lipinski definition) is 3. The minimum absolute atomic E-state index is 0.0848. The number of sulfonamides is 1. The molecule has 0 aromatic heterocycles. The maximum Gasteiger partial charge on any atom is 0.224 e. The quantitative estimate of drug-likeness (QED) is 0.273. The predicted octanol–water partition coefficient (Wildman–Crippen LogP) is 5.24. The van der Waals surface area contributed by atoms with Crippen LogP contribution in [0.4, 0.5) is 17.6 Å². The van der Waals surface area contributed by atoms with Crippen molar-refractivity contribution >= 4 is 15.9 Å². The molecule has 1 aromatic carbocycles. The molecule has 5 rings (SSSR count). The summed E-state index contributed by atoms with van der Waals surface area (Å²) in [6.45, 7) is 5.32. The maximum atomic E-state index is 15.1. The van der Waals surface area contributed by atoms with E-state index in [0.29, 0.717) is 62.2 Å². The molecule has 44 heavy (non-hydrogen) atoms. The first kappa shape index (κ1) is 32.4. The Morgan fingerprint density at radius 1 is 1.18 bits per heavy atom. The molecule has 4 aliphatic rings. The molecule has 0 radical (unpaired) electrons. The zero-order chi connectivity index (χ0) is 31.6. The highest BCUT2D eigenvalue weighted by Gasteiger charge is 2.67. The van der Waals surface area contributed by atoms with E-state index in [1.54, 1.807) is 16.4 Å². The van der Waals surface area contributed by atoms with Gasteiger partial charge in [-0.05, 0) is 66.7 Å². The molecular formula is C32H40F4N4O3S. The SMILES string of the molecule is CCCS(=O)(=O)N1CCNC[C@@H]1CCCC1=C(NC(=O)C[C@@H](c2ccc(F)cc2)C2(C)C3C=C(F)C=C(F)C32)CNC=C1F. The standard InChI is InChI=1S/C32H40F4N4O3S/c1-3-13-44(42,43)40-12-11-37-17-23(40)5-4-6-24-28(36)18-38-19-29(24)39-30(41)16-25(20-7-9-21(33)10-8-20)32(2)26-14-22(34)15-27(35)31(26)32/h7-10,14-15,18,23,25-26,31,37-38H,3-6,11-13,16-17,19H2,1-2H3,(H,39,41)/t23-,25-,26?,31?,32?/m0/s1. The number of fused-ring (bicyclic) bond motifs is 1. The number of halogens is 4. The summed E-state index contributed by atoms with van der Waals surface area (Å²) in [5, 5.41) is 8.93. The third-order valence-corrected chi connectivity index (χ3v) is 11.6.